The summed E-state index contributed by atoms with van der Waals surface area (Å²) in [6.07, 6.45) is 7.92. The Morgan fingerprint density at radius 2 is 1.38 bits per heavy atom. The molecule has 0 spiro atoms. The minimum atomic E-state index is -0.296. The highest BCUT2D eigenvalue weighted by atomic mass is 35.5. The quantitative estimate of drug-likeness (QED) is 0.241. The van der Waals surface area contributed by atoms with Gasteiger partial charge in [-0.3, -0.25) is 9.59 Å². The third kappa shape index (κ3) is 11.1. The molecule has 0 radical (unpaired) electrons. The second-order valence-electron chi connectivity index (χ2n) is 6.45. The number of carbonyl (C=O) groups excluding carboxylic acids is 2. The number of hydrogen-bond acceptors (Lipinski definition) is 4. The van der Waals surface area contributed by atoms with Crippen molar-refractivity contribution in [3.8, 4) is 0 Å². The smallest absolute Gasteiger partial charge is 0.306 e. The molecule has 1 aromatic carbocycles. The normalized spacial score (nSPS) is 10.5. The molecule has 0 amide bonds. The molecule has 0 atom stereocenters. The Kier molecular flexibility index (Phi) is 12.6. The van der Waals surface area contributed by atoms with Crippen molar-refractivity contribution in [2.75, 3.05) is 6.61 Å². The Bertz CT molecular complexity index is 513. The topological polar surface area (TPSA) is 52.6 Å². The zero-order chi connectivity index (χ0) is 19.0. The second kappa shape index (κ2) is 14.6. The average Bonchev–Trinajstić information content (AvgIpc) is 2.66. The molecule has 146 valence electrons. The third-order valence-electron chi connectivity index (χ3n) is 4.10. The monoisotopic (exact) mass is 382 g/mol. The van der Waals surface area contributed by atoms with Crippen LogP contribution in [0.15, 0.2) is 24.3 Å². The van der Waals surface area contributed by atoms with Crippen molar-refractivity contribution < 1.29 is 19.1 Å². The highest BCUT2D eigenvalue weighted by molar-refractivity contribution is 6.17. The van der Waals surface area contributed by atoms with Gasteiger partial charge in [-0.2, -0.15) is 0 Å². The van der Waals surface area contributed by atoms with Crippen molar-refractivity contribution >= 4 is 23.5 Å². The molecular formula is C21H31ClO4. The van der Waals surface area contributed by atoms with Crippen LogP contribution < -0.4 is 0 Å². The van der Waals surface area contributed by atoms with Crippen molar-refractivity contribution in [2.45, 2.75) is 77.2 Å². The zero-order valence-corrected chi connectivity index (χ0v) is 16.6. The summed E-state index contributed by atoms with van der Waals surface area (Å²) in [6, 6.07) is 7.61. The van der Waals surface area contributed by atoms with E-state index >= 15 is 0 Å². The molecule has 26 heavy (non-hydrogen) atoms. The maximum atomic E-state index is 11.7. The molecule has 0 N–H and O–H groups in total. The van der Waals surface area contributed by atoms with Crippen molar-refractivity contribution in [3.05, 3.63) is 35.4 Å². The van der Waals surface area contributed by atoms with Gasteiger partial charge in [0.1, 0.15) is 6.61 Å². The molecule has 0 saturated heterocycles. The fourth-order valence-corrected chi connectivity index (χ4v) is 2.66. The molecule has 1 rings (SSSR count). The van der Waals surface area contributed by atoms with Crippen LogP contribution in [-0.4, -0.2) is 18.5 Å². The van der Waals surface area contributed by atoms with Crippen molar-refractivity contribution in [1.82, 2.24) is 0 Å². The first-order valence-electron chi connectivity index (χ1n) is 9.60. The van der Waals surface area contributed by atoms with E-state index in [-0.39, 0.29) is 31.4 Å². The van der Waals surface area contributed by atoms with E-state index in [0.717, 1.165) is 24.0 Å². The van der Waals surface area contributed by atoms with E-state index in [9.17, 15) is 9.59 Å². The van der Waals surface area contributed by atoms with Gasteiger partial charge in [-0.1, -0.05) is 63.3 Å². The van der Waals surface area contributed by atoms with E-state index in [2.05, 4.69) is 6.92 Å². The Morgan fingerprint density at radius 3 is 2.04 bits per heavy atom. The molecule has 0 saturated carbocycles. The fourth-order valence-electron chi connectivity index (χ4n) is 2.48. The van der Waals surface area contributed by atoms with Crippen molar-refractivity contribution in [2.24, 2.45) is 0 Å². The summed E-state index contributed by atoms with van der Waals surface area (Å²) in [5, 5.41) is 0. The minimum Gasteiger partial charge on any atom is -0.466 e. The lowest BCUT2D eigenvalue weighted by atomic mass is 10.1. The molecule has 0 aliphatic carbocycles. The van der Waals surface area contributed by atoms with Gasteiger partial charge in [-0.15, -0.1) is 11.6 Å². The van der Waals surface area contributed by atoms with Crippen molar-refractivity contribution in [3.63, 3.8) is 0 Å². The fraction of sp³-hybridized carbons (Fsp3) is 0.619. The first kappa shape index (κ1) is 22.5. The molecule has 0 aliphatic heterocycles. The van der Waals surface area contributed by atoms with E-state index < -0.39 is 0 Å². The van der Waals surface area contributed by atoms with Crippen LogP contribution in [0, 0.1) is 0 Å². The van der Waals surface area contributed by atoms with Gasteiger partial charge >= 0.3 is 11.9 Å². The van der Waals surface area contributed by atoms with E-state index in [0.29, 0.717) is 18.9 Å². The van der Waals surface area contributed by atoms with E-state index in [1.54, 1.807) is 0 Å². The summed E-state index contributed by atoms with van der Waals surface area (Å²) in [4.78, 5) is 23.3. The highest BCUT2D eigenvalue weighted by Crippen LogP contribution is 2.09. The van der Waals surface area contributed by atoms with E-state index in [1.807, 2.05) is 24.3 Å². The summed E-state index contributed by atoms with van der Waals surface area (Å²) in [6.45, 7) is 2.91. The molecule has 0 heterocycles. The summed E-state index contributed by atoms with van der Waals surface area (Å²) in [5.74, 6) is -0.0622. The van der Waals surface area contributed by atoms with Gasteiger partial charge in [-0.05, 0) is 24.0 Å². The SMILES string of the molecule is CCCCCCCCOC(=O)CCCC(=O)OCc1ccc(CCl)cc1. The lowest BCUT2D eigenvalue weighted by Crippen LogP contribution is -2.09. The van der Waals surface area contributed by atoms with Gasteiger partial charge in [0.2, 0.25) is 0 Å². The second-order valence-corrected chi connectivity index (χ2v) is 6.72. The van der Waals surface area contributed by atoms with E-state index in [4.69, 9.17) is 21.1 Å². The number of ether oxygens (including phenoxy) is 2. The van der Waals surface area contributed by atoms with Crippen LogP contribution in [0.2, 0.25) is 0 Å². The predicted octanol–water partition coefficient (Wildman–Crippen LogP) is 5.54. The van der Waals surface area contributed by atoms with Gasteiger partial charge < -0.3 is 9.47 Å². The number of halogens is 1. The Labute approximate surface area is 162 Å². The van der Waals surface area contributed by atoms with Crippen LogP contribution in [0.5, 0.6) is 0 Å². The molecule has 0 aromatic heterocycles. The number of carbonyl (C=O) groups is 2. The lowest BCUT2D eigenvalue weighted by molar-refractivity contribution is -0.146. The molecule has 4 nitrogen and oxygen atoms in total. The molecule has 0 aliphatic rings. The maximum Gasteiger partial charge on any atom is 0.306 e. The van der Waals surface area contributed by atoms with Crippen LogP contribution in [0.25, 0.3) is 0 Å². The van der Waals surface area contributed by atoms with Crippen molar-refractivity contribution in [1.29, 1.82) is 0 Å². The van der Waals surface area contributed by atoms with Gasteiger partial charge in [0.05, 0.1) is 6.61 Å². The minimum absolute atomic E-state index is 0.228. The van der Waals surface area contributed by atoms with Crippen LogP contribution in [0.4, 0.5) is 0 Å². The van der Waals surface area contributed by atoms with Crippen LogP contribution >= 0.6 is 11.6 Å². The first-order chi connectivity index (χ1) is 12.7. The maximum absolute atomic E-state index is 11.7. The summed E-state index contributed by atoms with van der Waals surface area (Å²) in [5.41, 5.74) is 1.95. The summed E-state index contributed by atoms with van der Waals surface area (Å²) >= 11 is 5.73. The van der Waals surface area contributed by atoms with Gasteiger partial charge in [0, 0.05) is 18.7 Å². The van der Waals surface area contributed by atoms with Gasteiger partial charge in [0.25, 0.3) is 0 Å². The highest BCUT2D eigenvalue weighted by Gasteiger charge is 2.07. The standard InChI is InChI=1S/C21H31ClO4/c1-2-3-4-5-6-7-15-25-20(23)9-8-10-21(24)26-17-19-13-11-18(16-22)12-14-19/h11-14H,2-10,15-17H2,1H3. The molecule has 5 heteroatoms. The molecule has 0 unspecified atom stereocenters. The molecule has 1 aromatic rings. The Morgan fingerprint density at radius 1 is 0.808 bits per heavy atom. The number of benzene rings is 1. The number of esters is 2. The predicted molar refractivity (Wildman–Crippen MR) is 104 cm³/mol. The average molecular weight is 383 g/mol. The molecule has 0 bridgehead atoms. The van der Waals surface area contributed by atoms with Crippen LogP contribution in [-0.2, 0) is 31.5 Å². The van der Waals surface area contributed by atoms with Crippen LogP contribution in [0.1, 0.15) is 75.8 Å². The first-order valence-corrected chi connectivity index (χ1v) is 10.1. The Hall–Kier alpha value is -1.55. The molecule has 0 fully saturated rings. The summed E-state index contributed by atoms with van der Waals surface area (Å²) in [7, 11) is 0. The number of rotatable bonds is 14. The number of hydrogen-bond donors (Lipinski definition) is 0. The van der Waals surface area contributed by atoms with Gasteiger partial charge in [-0.25, -0.2) is 0 Å². The third-order valence-corrected chi connectivity index (χ3v) is 4.41. The molecular weight excluding hydrogens is 352 g/mol. The van der Waals surface area contributed by atoms with E-state index in [1.165, 1.54) is 25.7 Å². The number of unbranched alkanes of at least 4 members (excludes halogenated alkanes) is 5. The van der Waals surface area contributed by atoms with Crippen LogP contribution in [0.3, 0.4) is 0 Å². The number of alkyl halides is 1. The lowest BCUT2D eigenvalue weighted by Gasteiger charge is -2.06. The van der Waals surface area contributed by atoms with Gasteiger partial charge in [0.15, 0.2) is 0 Å². The largest absolute Gasteiger partial charge is 0.466 e. The zero-order valence-electron chi connectivity index (χ0n) is 15.8. The Balaban J connectivity index is 2.01. The summed E-state index contributed by atoms with van der Waals surface area (Å²) < 4.78 is 10.4.